The fourth-order valence-corrected chi connectivity index (χ4v) is 4.53. The molecule has 2 N–H and O–H groups in total. The Morgan fingerprint density at radius 2 is 1.94 bits per heavy atom. The van der Waals surface area contributed by atoms with Crippen LogP contribution in [0.4, 0.5) is 5.69 Å². The summed E-state index contributed by atoms with van der Waals surface area (Å²) < 4.78 is 0. The van der Waals surface area contributed by atoms with Gasteiger partial charge in [-0.1, -0.05) is 23.6 Å². The summed E-state index contributed by atoms with van der Waals surface area (Å²) >= 11 is 6.40. The smallest absolute Gasteiger partial charge is 0.253 e. The maximum absolute atomic E-state index is 13.1. The molecule has 3 heterocycles. The number of halogens is 1. The topological polar surface area (TPSA) is 50.9 Å². The van der Waals surface area contributed by atoms with Crippen LogP contribution in [0, 0.1) is 17.8 Å². The largest absolute Gasteiger partial charge is 0.339 e. The molecule has 3 aliphatic rings. The van der Waals surface area contributed by atoms with Crippen molar-refractivity contribution in [2.75, 3.05) is 63.9 Å². The number of benzene rings is 1. The van der Waals surface area contributed by atoms with E-state index in [-0.39, 0.29) is 5.91 Å². The van der Waals surface area contributed by atoms with Gasteiger partial charge in [-0.2, -0.15) is 0 Å². The summed E-state index contributed by atoms with van der Waals surface area (Å²) in [5, 5.41) is 7.32. The number of carbonyl (C=O) groups excluding carboxylic acids is 1. The Hall–Kier alpha value is -2.04. The third-order valence-corrected chi connectivity index (χ3v) is 6.50. The van der Waals surface area contributed by atoms with Crippen molar-refractivity contribution >= 4 is 23.2 Å². The van der Waals surface area contributed by atoms with Gasteiger partial charge in [0.1, 0.15) is 0 Å². The normalized spacial score (nSPS) is 20.4. The minimum atomic E-state index is 0.0805. The molecule has 1 aromatic carbocycles. The molecule has 0 aromatic heterocycles. The Morgan fingerprint density at radius 1 is 1.13 bits per heavy atom. The number of piperazine rings is 1. The Labute approximate surface area is 190 Å². The molecule has 7 heteroatoms. The average Bonchev–Trinajstić information content (AvgIpc) is 2.83. The number of anilines is 1. The maximum atomic E-state index is 13.1. The molecule has 31 heavy (non-hydrogen) atoms. The summed E-state index contributed by atoms with van der Waals surface area (Å²) in [4.78, 5) is 19.5. The van der Waals surface area contributed by atoms with Crippen molar-refractivity contribution in [3.8, 4) is 11.8 Å². The number of rotatable bonds is 4. The van der Waals surface area contributed by atoms with Crippen molar-refractivity contribution < 1.29 is 4.79 Å². The number of amides is 1. The molecule has 0 aliphatic carbocycles. The zero-order chi connectivity index (χ0) is 21.5. The van der Waals surface area contributed by atoms with Gasteiger partial charge in [-0.25, -0.2) is 0 Å². The van der Waals surface area contributed by atoms with Crippen LogP contribution in [-0.4, -0.2) is 74.7 Å². The Bertz CT molecular complexity index is 847. The van der Waals surface area contributed by atoms with E-state index in [1.807, 2.05) is 40.3 Å². The molecule has 166 valence electrons. The molecule has 0 atom stereocenters. The van der Waals surface area contributed by atoms with Crippen LogP contribution in [0.1, 0.15) is 29.6 Å². The fraction of sp³-hybridized carbons (Fsp3) is 0.542. The first-order valence-corrected chi connectivity index (χ1v) is 11.7. The van der Waals surface area contributed by atoms with E-state index in [9.17, 15) is 4.79 Å². The molecule has 0 saturated carbocycles. The molecule has 0 radical (unpaired) electrons. The first-order chi connectivity index (χ1) is 15.2. The number of nitrogens with zero attached hydrogens (tertiary/aromatic N) is 3. The lowest BCUT2D eigenvalue weighted by Gasteiger charge is -2.31. The monoisotopic (exact) mass is 441 g/mol. The Morgan fingerprint density at radius 3 is 2.68 bits per heavy atom. The molecule has 2 saturated heterocycles. The second-order valence-corrected chi connectivity index (χ2v) is 8.77. The lowest BCUT2D eigenvalue weighted by Crippen LogP contribution is -2.43. The summed E-state index contributed by atoms with van der Waals surface area (Å²) in [6.07, 6.45) is 6.89. The second kappa shape index (κ2) is 11.0. The highest BCUT2D eigenvalue weighted by Gasteiger charge is 2.24. The van der Waals surface area contributed by atoms with Crippen LogP contribution >= 0.6 is 11.6 Å². The van der Waals surface area contributed by atoms with E-state index in [4.69, 9.17) is 11.6 Å². The van der Waals surface area contributed by atoms with Crippen LogP contribution in [0.5, 0.6) is 0 Å². The first-order valence-electron chi connectivity index (χ1n) is 11.3. The summed E-state index contributed by atoms with van der Waals surface area (Å²) in [6.45, 7) is 8.54. The van der Waals surface area contributed by atoms with Crippen molar-refractivity contribution in [2.45, 2.75) is 19.3 Å². The third kappa shape index (κ3) is 6.02. The van der Waals surface area contributed by atoms with E-state index in [1.165, 1.54) is 0 Å². The van der Waals surface area contributed by atoms with Crippen LogP contribution in [0.25, 0.3) is 0 Å². The minimum Gasteiger partial charge on any atom is -0.339 e. The summed E-state index contributed by atoms with van der Waals surface area (Å²) in [5.74, 6) is 7.31. The summed E-state index contributed by atoms with van der Waals surface area (Å²) in [5.41, 5.74) is 1.56. The van der Waals surface area contributed by atoms with Gasteiger partial charge >= 0.3 is 0 Å². The van der Waals surface area contributed by atoms with E-state index < -0.39 is 0 Å². The van der Waals surface area contributed by atoms with Crippen molar-refractivity contribution in [1.82, 2.24) is 20.4 Å². The fourth-order valence-electron chi connectivity index (χ4n) is 4.31. The van der Waals surface area contributed by atoms with Crippen LogP contribution < -0.4 is 15.5 Å². The first kappa shape index (κ1) is 22.2. The van der Waals surface area contributed by atoms with Gasteiger partial charge in [0.15, 0.2) is 0 Å². The highest BCUT2D eigenvalue weighted by atomic mass is 35.5. The zero-order valence-electron chi connectivity index (χ0n) is 18.1. The molecule has 2 fully saturated rings. The number of nitrogens with one attached hydrogen (secondary N) is 2. The Kier molecular flexibility index (Phi) is 7.87. The van der Waals surface area contributed by atoms with Gasteiger partial charge in [0.25, 0.3) is 5.91 Å². The van der Waals surface area contributed by atoms with E-state index >= 15 is 0 Å². The van der Waals surface area contributed by atoms with Crippen LogP contribution in [0.3, 0.4) is 0 Å². The molecule has 6 nitrogen and oxygen atoms in total. The number of hydrogen-bond donors (Lipinski definition) is 2. The van der Waals surface area contributed by atoms with Gasteiger partial charge in [-0.3, -0.25) is 15.0 Å². The number of carbonyl (C=O) groups is 1. The number of hydrogen-bond acceptors (Lipinski definition) is 5. The quantitative estimate of drug-likeness (QED) is 0.702. The molecule has 0 unspecified atom stereocenters. The SMILES string of the molecule is O=C(c1ccc(Cl)c(N2C=CCNC2)c1)N1CCC(C#CCCN2CCNCC2)CC1. The van der Waals surface area contributed by atoms with Gasteiger partial charge in [-0.15, -0.1) is 5.92 Å². The number of likely N-dealkylation sites (tertiary alicyclic amines) is 1. The van der Waals surface area contributed by atoms with Crippen molar-refractivity contribution in [2.24, 2.45) is 5.92 Å². The van der Waals surface area contributed by atoms with Crippen molar-refractivity contribution in [3.63, 3.8) is 0 Å². The van der Waals surface area contributed by atoms with Gasteiger partial charge < -0.3 is 15.1 Å². The average molecular weight is 442 g/mol. The molecule has 4 rings (SSSR count). The van der Waals surface area contributed by atoms with Crippen molar-refractivity contribution in [1.29, 1.82) is 0 Å². The van der Waals surface area contributed by atoms with E-state index in [2.05, 4.69) is 27.4 Å². The maximum Gasteiger partial charge on any atom is 0.253 e. The van der Waals surface area contributed by atoms with E-state index in [1.54, 1.807) is 0 Å². The van der Waals surface area contributed by atoms with Gasteiger partial charge in [0.05, 0.1) is 17.4 Å². The van der Waals surface area contributed by atoms with Crippen molar-refractivity contribution in [3.05, 3.63) is 41.1 Å². The molecule has 0 spiro atoms. The lowest BCUT2D eigenvalue weighted by molar-refractivity contribution is 0.0708. The molecular formula is C24H32ClN5O. The van der Waals surface area contributed by atoms with Gasteiger partial charge in [-0.05, 0) is 31.0 Å². The minimum absolute atomic E-state index is 0.0805. The predicted octanol–water partition coefficient (Wildman–Crippen LogP) is 2.37. The summed E-state index contributed by atoms with van der Waals surface area (Å²) in [6, 6.07) is 5.56. The zero-order valence-corrected chi connectivity index (χ0v) is 18.8. The predicted molar refractivity (Wildman–Crippen MR) is 126 cm³/mol. The van der Waals surface area contributed by atoms with Crippen LogP contribution in [-0.2, 0) is 0 Å². The molecular weight excluding hydrogens is 410 g/mol. The Balaban J connectivity index is 1.28. The molecule has 1 amide bonds. The number of piperidine rings is 1. The lowest BCUT2D eigenvalue weighted by atomic mass is 9.96. The highest BCUT2D eigenvalue weighted by Crippen LogP contribution is 2.29. The van der Waals surface area contributed by atoms with Gasteiger partial charge in [0.2, 0.25) is 0 Å². The standard InChI is InChI=1S/C24H32ClN5O/c25-22-6-5-21(18-23(22)30-13-3-9-27-19-30)24(31)29-14-7-20(8-15-29)4-1-2-12-28-16-10-26-11-17-28/h3,5-6,13,18,20,26-27H,2,7-12,14-17,19H2. The molecule has 1 aromatic rings. The second-order valence-electron chi connectivity index (χ2n) is 8.36. The van der Waals surface area contributed by atoms with Crippen LogP contribution in [0.15, 0.2) is 30.5 Å². The highest BCUT2D eigenvalue weighted by molar-refractivity contribution is 6.33. The van der Waals surface area contributed by atoms with Crippen LogP contribution in [0.2, 0.25) is 5.02 Å². The van der Waals surface area contributed by atoms with Gasteiger partial charge in [0, 0.05) is 76.5 Å². The molecule has 0 bridgehead atoms. The van der Waals surface area contributed by atoms with E-state index in [0.29, 0.717) is 23.2 Å². The molecule has 3 aliphatic heterocycles. The third-order valence-electron chi connectivity index (χ3n) is 6.18. The van der Waals surface area contributed by atoms with E-state index in [0.717, 1.165) is 77.3 Å². The summed E-state index contributed by atoms with van der Waals surface area (Å²) in [7, 11) is 0.